The van der Waals surface area contributed by atoms with Crippen molar-refractivity contribution in [3.63, 3.8) is 0 Å². The average Bonchev–Trinajstić information content (AvgIpc) is 2.75. The highest BCUT2D eigenvalue weighted by Crippen LogP contribution is 2.25. The molecule has 2 N–H and O–H groups in total. The predicted molar refractivity (Wildman–Crippen MR) is 133 cm³/mol. The fraction of sp³-hybridized carbons (Fsp3) is 0.364. The minimum Gasteiger partial charge on any atom is -0.490 e. The topological polar surface area (TPSA) is 87.7 Å². The van der Waals surface area contributed by atoms with Crippen LogP contribution in [0.2, 0.25) is 0 Å². The van der Waals surface area contributed by atoms with Crippen molar-refractivity contribution in [2.24, 2.45) is 0 Å². The van der Waals surface area contributed by atoms with Crippen LogP contribution in [0.15, 0.2) is 51.8 Å². The number of ether oxygens (including phenoxy) is 1. The summed E-state index contributed by atoms with van der Waals surface area (Å²) >= 11 is 8.63. The number of rotatable bonds is 6. The first kappa shape index (κ1) is 24.6. The van der Waals surface area contributed by atoms with Crippen molar-refractivity contribution in [3.05, 3.63) is 52.5 Å². The van der Waals surface area contributed by atoms with E-state index in [9.17, 15) is 13.2 Å². The maximum absolute atomic E-state index is 12.8. The fourth-order valence-corrected chi connectivity index (χ4v) is 5.42. The second kappa shape index (κ2) is 10.7. The molecule has 3 rings (SSSR count). The zero-order valence-electron chi connectivity index (χ0n) is 17.9. The number of carbonyl (C=O) groups is 1. The van der Waals surface area contributed by atoms with Crippen LogP contribution < -0.4 is 15.4 Å². The summed E-state index contributed by atoms with van der Waals surface area (Å²) in [5, 5.41) is 5.64. The zero-order valence-corrected chi connectivity index (χ0v) is 21.1. The molecule has 0 atom stereocenters. The molecule has 1 amide bonds. The van der Waals surface area contributed by atoms with Crippen molar-refractivity contribution >= 4 is 54.9 Å². The second-order valence-electron chi connectivity index (χ2n) is 7.70. The molecule has 0 bridgehead atoms. The molecule has 2 aromatic carbocycles. The number of thiocarbonyl (C=S) groups is 1. The number of piperidine rings is 1. The summed E-state index contributed by atoms with van der Waals surface area (Å²) in [6, 6.07) is 11.5. The molecule has 0 unspecified atom stereocenters. The third-order valence-electron chi connectivity index (χ3n) is 4.84. The van der Waals surface area contributed by atoms with Gasteiger partial charge in [-0.25, -0.2) is 8.42 Å². The summed E-state index contributed by atoms with van der Waals surface area (Å²) in [6.45, 7) is 4.86. The molecule has 0 radical (unpaired) electrons. The number of hydrogen-bond donors (Lipinski definition) is 2. The third-order valence-corrected chi connectivity index (χ3v) is 7.45. The average molecular weight is 541 g/mol. The molecule has 0 aliphatic carbocycles. The Balaban J connectivity index is 1.65. The van der Waals surface area contributed by atoms with Crippen LogP contribution in [0.1, 0.15) is 43.5 Å². The van der Waals surface area contributed by atoms with Gasteiger partial charge in [0.2, 0.25) is 10.0 Å². The summed E-state index contributed by atoms with van der Waals surface area (Å²) in [5.41, 5.74) is 0.918. The Bertz CT molecular complexity index is 1080. The Morgan fingerprint density at radius 3 is 2.38 bits per heavy atom. The van der Waals surface area contributed by atoms with Crippen LogP contribution in [0.3, 0.4) is 0 Å². The van der Waals surface area contributed by atoms with Gasteiger partial charge in [-0.3, -0.25) is 10.1 Å². The van der Waals surface area contributed by atoms with Crippen molar-refractivity contribution in [2.45, 2.75) is 44.1 Å². The van der Waals surface area contributed by atoms with Crippen LogP contribution >= 0.6 is 28.1 Å². The number of nitrogens with zero attached hydrogens (tertiary/aromatic N) is 1. The highest BCUT2D eigenvalue weighted by atomic mass is 79.9. The van der Waals surface area contributed by atoms with E-state index in [1.54, 1.807) is 42.5 Å². The summed E-state index contributed by atoms with van der Waals surface area (Å²) in [7, 11) is -3.50. The van der Waals surface area contributed by atoms with Crippen LogP contribution in [0, 0.1) is 0 Å². The maximum Gasteiger partial charge on any atom is 0.261 e. The monoisotopic (exact) mass is 539 g/mol. The van der Waals surface area contributed by atoms with E-state index in [0.717, 1.165) is 23.7 Å². The molecular formula is C22H26BrN3O4S2. The van der Waals surface area contributed by atoms with Crippen LogP contribution in [-0.4, -0.2) is 42.9 Å². The smallest absolute Gasteiger partial charge is 0.261 e. The highest BCUT2D eigenvalue weighted by Gasteiger charge is 2.25. The number of nitrogens with one attached hydrogen (secondary N) is 2. The fourth-order valence-electron chi connectivity index (χ4n) is 3.33. The van der Waals surface area contributed by atoms with Gasteiger partial charge in [-0.1, -0.05) is 22.4 Å². The Kier molecular flexibility index (Phi) is 8.26. The number of halogens is 1. The lowest BCUT2D eigenvalue weighted by Crippen LogP contribution is -2.35. The van der Waals surface area contributed by atoms with E-state index in [1.165, 1.54) is 4.31 Å². The van der Waals surface area contributed by atoms with E-state index >= 15 is 0 Å². The third kappa shape index (κ3) is 6.28. The van der Waals surface area contributed by atoms with Gasteiger partial charge < -0.3 is 10.1 Å². The second-order valence-corrected chi connectivity index (χ2v) is 11.0. The van der Waals surface area contributed by atoms with Gasteiger partial charge in [-0.2, -0.15) is 4.31 Å². The molecular weight excluding hydrogens is 514 g/mol. The van der Waals surface area contributed by atoms with Crippen molar-refractivity contribution in [1.29, 1.82) is 0 Å². The molecule has 0 saturated carbocycles. The van der Waals surface area contributed by atoms with Gasteiger partial charge in [0.25, 0.3) is 5.91 Å². The summed E-state index contributed by atoms with van der Waals surface area (Å²) in [4.78, 5) is 13.0. The molecule has 1 fully saturated rings. The van der Waals surface area contributed by atoms with E-state index in [2.05, 4.69) is 26.6 Å². The summed E-state index contributed by atoms with van der Waals surface area (Å²) < 4.78 is 33.5. The Hall–Kier alpha value is -2.01. The van der Waals surface area contributed by atoms with Crippen LogP contribution in [0.4, 0.5) is 5.69 Å². The highest BCUT2D eigenvalue weighted by molar-refractivity contribution is 9.10. The minimum absolute atomic E-state index is 0.0902. The van der Waals surface area contributed by atoms with Crippen LogP contribution in [0.5, 0.6) is 5.75 Å². The van der Waals surface area contributed by atoms with Gasteiger partial charge in [-0.05, 0) is 81.4 Å². The quantitative estimate of drug-likeness (QED) is 0.524. The van der Waals surface area contributed by atoms with Crippen LogP contribution in [-0.2, 0) is 10.0 Å². The van der Waals surface area contributed by atoms with E-state index < -0.39 is 15.9 Å². The van der Waals surface area contributed by atoms with Gasteiger partial charge in [-0.15, -0.1) is 0 Å². The van der Waals surface area contributed by atoms with Gasteiger partial charge in [0.1, 0.15) is 5.75 Å². The Morgan fingerprint density at radius 1 is 1.09 bits per heavy atom. The number of sulfonamides is 1. The molecule has 1 saturated heterocycles. The molecule has 1 heterocycles. The molecule has 7 nitrogen and oxygen atoms in total. The number of carbonyl (C=O) groups excluding carboxylic acids is 1. The number of anilines is 1. The van der Waals surface area contributed by atoms with E-state index in [-0.39, 0.29) is 16.1 Å². The van der Waals surface area contributed by atoms with Crippen LogP contribution in [0.25, 0.3) is 0 Å². The lowest BCUT2D eigenvalue weighted by molar-refractivity contribution is 0.0972. The standard InChI is InChI=1S/C22H26BrN3O4S2/c1-15(2)30-20-11-6-16(23)14-19(20)21(27)25-22(31)24-17-7-9-18(10-8-17)32(28,29)26-12-4-3-5-13-26/h6-11,14-15H,3-5,12-13H2,1-2H3,(H2,24,25,27,31). The molecule has 2 aromatic rings. The first-order valence-corrected chi connectivity index (χ1v) is 13.0. The molecule has 32 heavy (non-hydrogen) atoms. The SMILES string of the molecule is CC(C)Oc1ccc(Br)cc1C(=O)NC(=S)Nc1ccc(S(=O)(=O)N2CCCCC2)cc1. The van der Waals surface area contributed by atoms with Crippen molar-refractivity contribution < 1.29 is 17.9 Å². The van der Waals surface area contributed by atoms with Gasteiger partial charge in [0.05, 0.1) is 16.6 Å². The molecule has 10 heteroatoms. The first-order valence-electron chi connectivity index (χ1n) is 10.4. The lowest BCUT2D eigenvalue weighted by Gasteiger charge is -2.25. The summed E-state index contributed by atoms with van der Waals surface area (Å²) in [5.74, 6) is 0.0412. The summed E-state index contributed by atoms with van der Waals surface area (Å²) in [6.07, 6.45) is 2.74. The lowest BCUT2D eigenvalue weighted by atomic mass is 10.2. The zero-order chi connectivity index (χ0) is 23.3. The van der Waals surface area contributed by atoms with E-state index in [4.69, 9.17) is 17.0 Å². The van der Waals surface area contributed by atoms with Crippen molar-refractivity contribution in [3.8, 4) is 5.75 Å². The largest absolute Gasteiger partial charge is 0.490 e. The number of amides is 1. The Morgan fingerprint density at radius 2 is 1.75 bits per heavy atom. The number of hydrogen-bond acceptors (Lipinski definition) is 5. The normalized spacial score (nSPS) is 14.8. The molecule has 0 aromatic heterocycles. The van der Waals surface area contributed by atoms with E-state index in [0.29, 0.717) is 30.1 Å². The predicted octanol–water partition coefficient (Wildman–Crippen LogP) is 4.54. The van der Waals surface area contributed by atoms with Gasteiger partial charge in [0.15, 0.2) is 5.11 Å². The van der Waals surface area contributed by atoms with Crippen molar-refractivity contribution in [1.82, 2.24) is 9.62 Å². The molecule has 0 spiro atoms. The van der Waals surface area contributed by atoms with E-state index in [1.807, 2.05) is 13.8 Å². The van der Waals surface area contributed by atoms with Crippen molar-refractivity contribution in [2.75, 3.05) is 18.4 Å². The number of benzene rings is 2. The molecule has 1 aliphatic heterocycles. The maximum atomic E-state index is 12.8. The molecule has 1 aliphatic rings. The van der Waals surface area contributed by atoms with Gasteiger partial charge in [0, 0.05) is 23.2 Å². The first-order chi connectivity index (χ1) is 15.2. The minimum atomic E-state index is -3.50. The molecule has 172 valence electrons. The van der Waals surface area contributed by atoms with Gasteiger partial charge >= 0.3 is 0 Å². The Labute approximate surface area is 202 Å².